The molecular weight excluding hydrogens is 396 g/mol. The van der Waals surface area contributed by atoms with Crippen LogP contribution in [0.3, 0.4) is 0 Å². The predicted octanol–water partition coefficient (Wildman–Crippen LogP) is 3.54. The number of aromatic carboxylic acids is 1. The van der Waals surface area contributed by atoms with Crippen molar-refractivity contribution in [3.63, 3.8) is 0 Å². The van der Waals surface area contributed by atoms with Gasteiger partial charge in [0.1, 0.15) is 12.1 Å². The maximum atomic E-state index is 11.2. The number of hydrogen-bond acceptors (Lipinski definition) is 6. The molecule has 4 rings (SSSR count). The number of likely N-dealkylation sites (tertiary alicyclic amines) is 1. The third-order valence-electron chi connectivity index (χ3n) is 5.61. The molecule has 1 aromatic heterocycles. The summed E-state index contributed by atoms with van der Waals surface area (Å²) >= 11 is 0. The van der Waals surface area contributed by atoms with Crippen molar-refractivity contribution in [1.29, 1.82) is 0 Å². The van der Waals surface area contributed by atoms with E-state index in [2.05, 4.69) is 27.9 Å². The van der Waals surface area contributed by atoms with Crippen molar-refractivity contribution in [1.82, 2.24) is 19.9 Å². The Kier molecular flexibility index (Phi) is 6.18. The number of rotatable bonds is 8. The van der Waals surface area contributed by atoms with Crippen LogP contribution in [0, 0.1) is 0 Å². The van der Waals surface area contributed by atoms with Gasteiger partial charge < -0.3 is 14.6 Å². The summed E-state index contributed by atoms with van der Waals surface area (Å²) < 4.78 is 13.0. The van der Waals surface area contributed by atoms with E-state index in [0.29, 0.717) is 17.9 Å². The van der Waals surface area contributed by atoms with Gasteiger partial charge in [-0.3, -0.25) is 4.90 Å². The molecule has 3 aromatic rings. The summed E-state index contributed by atoms with van der Waals surface area (Å²) in [4.78, 5) is 13.6. The quantitative estimate of drug-likeness (QED) is 0.555. The highest BCUT2D eigenvalue weighted by atomic mass is 16.5. The van der Waals surface area contributed by atoms with Crippen LogP contribution in [0.4, 0.5) is 0 Å². The Bertz CT molecular complexity index is 1090. The lowest BCUT2D eigenvalue weighted by Gasteiger charge is -2.32. The van der Waals surface area contributed by atoms with Gasteiger partial charge in [0.15, 0.2) is 11.5 Å². The average Bonchev–Trinajstić information content (AvgIpc) is 3.21. The van der Waals surface area contributed by atoms with E-state index in [-0.39, 0.29) is 11.6 Å². The van der Waals surface area contributed by atoms with Gasteiger partial charge in [-0.1, -0.05) is 23.9 Å². The second-order valence-electron chi connectivity index (χ2n) is 7.63. The van der Waals surface area contributed by atoms with E-state index in [1.807, 2.05) is 16.8 Å². The molecule has 1 N–H and O–H groups in total. The van der Waals surface area contributed by atoms with Crippen LogP contribution < -0.4 is 9.47 Å². The molecule has 0 aliphatic carbocycles. The van der Waals surface area contributed by atoms with Crippen LogP contribution in [0.15, 0.2) is 49.1 Å². The monoisotopic (exact) mass is 422 g/mol. The summed E-state index contributed by atoms with van der Waals surface area (Å²) in [7, 11) is 1.64. The molecular formula is C23H26N4O4. The van der Waals surface area contributed by atoms with E-state index in [9.17, 15) is 4.79 Å². The van der Waals surface area contributed by atoms with Gasteiger partial charge in [0.25, 0.3) is 0 Å². The van der Waals surface area contributed by atoms with Crippen molar-refractivity contribution < 1.29 is 19.4 Å². The number of piperidine rings is 1. The van der Waals surface area contributed by atoms with E-state index in [1.54, 1.807) is 31.4 Å². The summed E-state index contributed by atoms with van der Waals surface area (Å²) in [5.74, 6) is 0.486. The minimum atomic E-state index is -0.957. The van der Waals surface area contributed by atoms with Gasteiger partial charge in [-0.15, -0.1) is 5.10 Å². The van der Waals surface area contributed by atoms with E-state index < -0.39 is 5.97 Å². The Morgan fingerprint density at radius 3 is 2.74 bits per heavy atom. The molecule has 0 atom stereocenters. The summed E-state index contributed by atoms with van der Waals surface area (Å²) in [6, 6.07) is 11.3. The summed E-state index contributed by atoms with van der Waals surface area (Å²) in [6.07, 6.45) is 3.62. The smallest absolute Gasteiger partial charge is 0.335 e. The molecule has 1 saturated heterocycles. The Labute approximate surface area is 180 Å². The largest absolute Gasteiger partial charge is 0.493 e. The predicted molar refractivity (Wildman–Crippen MR) is 117 cm³/mol. The third-order valence-corrected chi connectivity index (χ3v) is 5.61. The molecule has 0 saturated carbocycles. The first kappa shape index (κ1) is 20.9. The number of carbonyl (C=O) groups is 1. The zero-order chi connectivity index (χ0) is 21.8. The summed E-state index contributed by atoms with van der Waals surface area (Å²) in [5.41, 5.74) is 2.89. The Morgan fingerprint density at radius 2 is 2.03 bits per heavy atom. The zero-order valence-corrected chi connectivity index (χ0v) is 17.5. The lowest BCUT2D eigenvalue weighted by Crippen LogP contribution is -2.34. The van der Waals surface area contributed by atoms with Gasteiger partial charge in [0.05, 0.1) is 24.2 Å². The van der Waals surface area contributed by atoms with Gasteiger partial charge in [-0.05, 0) is 48.7 Å². The second-order valence-corrected chi connectivity index (χ2v) is 7.63. The first-order valence-corrected chi connectivity index (χ1v) is 10.3. The van der Waals surface area contributed by atoms with E-state index in [0.717, 1.165) is 43.7 Å². The number of nitrogens with zero attached hydrogens (tertiary/aromatic N) is 4. The number of carboxylic acid groups (broad SMARTS) is 1. The summed E-state index contributed by atoms with van der Waals surface area (Å²) in [5, 5.41) is 17.6. The highest BCUT2D eigenvalue weighted by Crippen LogP contribution is 2.30. The van der Waals surface area contributed by atoms with Crippen LogP contribution in [0.1, 0.15) is 34.8 Å². The molecule has 2 heterocycles. The highest BCUT2D eigenvalue weighted by Gasteiger charge is 2.23. The Hall–Kier alpha value is -3.39. The lowest BCUT2D eigenvalue weighted by molar-refractivity contribution is 0.0697. The van der Waals surface area contributed by atoms with E-state index in [4.69, 9.17) is 14.6 Å². The average molecular weight is 422 g/mol. The number of ether oxygens (including phenoxy) is 2. The van der Waals surface area contributed by atoms with Crippen molar-refractivity contribution in [3.05, 3.63) is 60.2 Å². The molecule has 1 fully saturated rings. The van der Waals surface area contributed by atoms with Crippen molar-refractivity contribution in [2.24, 2.45) is 0 Å². The van der Waals surface area contributed by atoms with Crippen LogP contribution in [0.2, 0.25) is 0 Å². The maximum Gasteiger partial charge on any atom is 0.335 e. The van der Waals surface area contributed by atoms with E-state index >= 15 is 0 Å². The number of methoxy groups -OCH3 is 1. The van der Waals surface area contributed by atoms with Gasteiger partial charge in [0.2, 0.25) is 0 Å². The van der Waals surface area contributed by atoms with Crippen LogP contribution in [-0.2, 0) is 6.54 Å². The van der Waals surface area contributed by atoms with Crippen molar-refractivity contribution in [2.75, 3.05) is 26.8 Å². The molecule has 8 nitrogen and oxygen atoms in total. The maximum absolute atomic E-state index is 11.2. The molecule has 0 amide bonds. The SMILES string of the molecule is C=CCOc1cc(CN2CCC(n3nnc4cc(C(=O)O)ccc43)CC2)ccc1OC. The topological polar surface area (TPSA) is 89.7 Å². The van der Waals surface area contributed by atoms with Crippen LogP contribution in [0.25, 0.3) is 11.0 Å². The summed E-state index contributed by atoms with van der Waals surface area (Å²) in [6.45, 7) is 6.84. The van der Waals surface area contributed by atoms with Crippen molar-refractivity contribution in [3.8, 4) is 11.5 Å². The fraction of sp³-hybridized carbons (Fsp3) is 0.348. The normalized spacial score (nSPS) is 15.1. The molecule has 31 heavy (non-hydrogen) atoms. The minimum absolute atomic E-state index is 0.227. The minimum Gasteiger partial charge on any atom is -0.493 e. The molecule has 0 spiro atoms. The van der Waals surface area contributed by atoms with Gasteiger partial charge in [0, 0.05) is 19.6 Å². The number of aromatic nitrogens is 3. The van der Waals surface area contributed by atoms with Crippen molar-refractivity contribution in [2.45, 2.75) is 25.4 Å². The Balaban J connectivity index is 1.41. The lowest BCUT2D eigenvalue weighted by atomic mass is 10.0. The fourth-order valence-electron chi connectivity index (χ4n) is 4.01. The number of carboxylic acids is 1. The van der Waals surface area contributed by atoms with Crippen molar-refractivity contribution >= 4 is 17.0 Å². The number of hydrogen-bond donors (Lipinski definition) is 1. The standard InChI is InChI=1S/C23H26N4O4/c1-3-12-31-22-13-16(4-7-21(22)30-2)15-26-10-8-18(9-11-26)27-20-6-5-17(23(28)29)14-19(20)24-25-27/h3-7,13-14,18H,1,8-12,15H2,2H3,(H,28,29). The molecule has 2 aromatic carbocycles. The Morgan fingerprint density at radius 1 is 1.23 bits per heavy atom. The molecule has 0 unspecified atom stereocenters. The fourth-order valence-corrected chi connectivity index (χ4v) is 4.01. The van der Waals surface area contributed by atoms with Crippen LogP contribution in [0.5, 0.6) is 11.5 Å². The highest BCUT2D eigenvalue weighted by molar-refractivity contribution is 5.92. The van der Waals surface area contributed by atoms with Crippen LogP contribution >= 0.6 is 0 Å². The van der Waals surface area contributed by atoms with Gasteiger partial charge in [-0.2, -0.15) is 0 Å². The molecule has 0 bridgehead atoms. The van der Waals surface area contributed by atoms with Crippen LogP contribution in [-0.4, -0.2) is 57.8 Å². The molecule has 162 valence electrons. The number of fused-ring (bicyclic) bond motifs is 1. The van der Waals surface area contributed by atoms with Gasteiger partial charge in [-0.25, -0.2) is 9.48 Å². The third kappa shape index (κ3) is 4.54. The molecule has 1 aliphatic heterocycles. The van der Waals surface area contributed by atoms with Gasteiger partial charge >= 0.3 is 5.97 Å². The first-order chi connectivity index (χ1) is 15.1. The molecule has 8 heteroatoms. The first-order valence-electron chi connectivity index (χ1n) is 10.3. The zero-order valence-electron chi connectivity index (χ0n) is 17.5. The molecule has 1 aliphatic rings. The van der Waals surface area contributed by atoms with E-state index in [1.165, 1.54) is 5.56 Å². The molecule has 0 radical (unpaired) electrons. The number of benzene rings is 2. The second kappa shape index (κ2) is 9.18.